The summed E-state index contributed by atoms with van der Waals surface area (Å²) in [5.41, 5.74) is 2.49. The van der Waals surface area contributed by atoms with Gasteiger partial charge >= 0.3 is 0 Å². The molecule has 6 nitrogen and oxygen atoms in total. The molecular weight excluding hydrogens is 302 g/mol. The highest BCUT2D eigenvalue weighted by Crippen LogP contribution is 2.25. The Labute approximate surface area is 142 Å². The fourth-order valence-electron chi connectivity index (χ4n) is 3.79. The molecule has 0 radical (unpaired) electrons. The molecule has 0 aromatic carbocycles. The molecular formula is C18H23N5O. The largest absolute Gasteiger partial charge is 0.343 e. The number of fused-ring (bicyclic) bond motifs is 1. The zero-order valence-electron chi connectivity index (χ0n) is 13.8. The van der Waals surface area contributed by atoms with Crippen LogP contribution in [0.25, 0.3) is 0 Å². The second-order valence-corrected chi connectivity index (χ2v) is 6.72. The molecule has 1 fully saturated rings. The summed E-state index contributed by atoms with van der Waals surface area (Å²) >= 11 is 0. The van der Waals surface area contributed by atoms with Crippen LogP contribution in [0.4, 0.5) is 0 Å². The molecule has 6 heteroatoms. The van der Waals surface area contributed by atoms with Gasteiger partial charge in [-0.15, -0.1) is 0 Å². The van der Waals surface area contributed by atoms with Gasteiger partial charge in [-0.25, -0.2) is 0 Å². The van der Waals surface area contributed by atoms with Crippen molar-refractivity contribution in [2.75, 3.05) is 19.6 Å². The molecule has 1 saturated heterocycles. The Hall–Kier alpha value is -2.21. The molecule has 0 N–H and O–H groups in total. The normalized spacial score (nSPS) is 21.2. The monoisotopic (exact) mass is 325 g/mol. The maximum atomic E-state index is 11.8. The first-order valence-electron chi connectivity index (χ1n) is 8.71. The number of aromatic nitrogens is 3. The van der Waals surface area contributed by atoms with Crippen molar-refractivity contribution in [3.8, 4) is 0 Å². The van der Waals surface area contributed by atoms with Crippen molar-refractivity contribution in [3.05, 3.63) is 48.0 Å². The fraction of sp³-hybridized carbons (Fsp3) is 0.500. The number of likely N-dealkylation sites (tertiary alicyclic amines) is 1. The highest BCUT2D eigenvalue weighted by molar-refractivity contribution is 5.77. The van der Waals surface area contributed by atoms with Gasteiger partial charge in [0.2, 0.25) is 5.91 Å². The van der Waals surface area contributed by atoms with Crippen LogP contribution in [0.3, 0.4) is 0 Å². The number of hydrogen-bond donors (Lipinski definition) is 0. The Morgan fingerprint density at radius 1 is 1.25 bits per heavy atom. The summed E-state index contributed by atoms with van der Waals surface area (Å²) in [4.78, 5) is 20.5. The van der Waals surface area contributed by atoms with Gasteiger partial charge in [-0.1, -0.05) is 6.07 Å². The SMILES string of the molecule is O=C1CCCN1CC[C@@H]1CN(Cc2cccnc2)Cc2ccnn21. The van der Waals surface area contributed by atoms with Crippen molar-refractivity contribution < 1.29 is 4.79 Å². The van der Waals surface area contributed by atoms with Crippen molar-refractivity contribution in [2.24, 2.45) is 0 Å². The van der Waals surface area contributed by atoms with E-state index < -0.39 is 0 Å². The first-order chi connectivity index (χ1) is 11.8. The highest BCUT2D eigenvalue weighted by Gasteiger charge is 2.27. The molecule has 1 atom stereocenters. The van der Waals surface area contributed by atoms with Gasteiger partial charge in [0.1, 0.15) is 0 Å². The van der Waals surface area contributed by atoms with E-state index >= 15 is 0 Å². The molecule has 4 heterocycles. The number of rotatable bonds is 5. The number of pyridine rings is 1. The third-order valence-corrected chi connectivity index (χ3v) is 4.99. The lowest BCUT2D eigenvalue weighted by Gasteiger charge is -2.34. The predicted molar refractivity (Wildman–Crippen MR) is 90.0 cm³/mol. The van der Waals surface area contributed by atoms with E-state index in [0.29, 0.717) is 18.4 Å². The van der Waals surface area contributed by atoms with E-state index in [2.05, 4.69) is 31.8 Å². The van der Waals surface area contributed by atoms with Crippen LogP contribution < -0.4 is 0 Å². The maximum Gasteiger partial charge on any atom is 0.222 e. The quantitative estimate of drug-likeness (QED) is 0.842. The lowest BCUT2D eigenvalue weighted by atomic mass is 10.1. The smallest absolute Gasteiger partial charge is 0.222 e. The van der Waals surface area contributed by atoms with Crippen LogP contribution in [-0.4, -0.2) is 50.1 Å². The Kier molecular flexibility index (Phi) is 4.30. The Bertz CT molecular complexity index is 698. The second-order valence-electron chi connectivity index (χ2n) is 6.72. The van der Waals surface area contributed by atoms with E-state index in [-0.39, 0.29) is 0 Å². The molecule has 0 saturated carbocycles. The predicted octanol–water partition coefficient (Wildman–Crippen LogP) is 1.85. The Morgan fingerprint density at radius 3 is 3.00 bits per heavy atom. The average molecular weight is 325 g/mol. The van der Waals surface area contributed by atoms with Gasteiger partial charge in [-0.3, -0.25) is 19.4 Å². The zero-order valence-corrected chi connectivity index (χ0v) is 13.8. The van der Waals surface area contributed by atoms with E-state index in [0.717, 1.165) is 45.6 Å². The minimum Gasteiger partial charge on any atom is -0.343 e. The molecule has 4 rings (SSSR count). The fourth-order valence-corrected chi connectivity index (χ4v) is 3.79. The molecule has 0 spiro atoms. The number of amides is 1. The standard InChI is InChI=1S/C18H23N5O/c24-18-4-2-9-22(18)10-6-17-14-21(12-15-3-1-7-19-11-15)13-16-5-8-20-23(16)17/h1,3,5,7-8,11,17H,2,4,6,9-10,12-14H2/t17-/m1/s1. The summed E-state index contributed by atoms with van der Waals surface area (Å²) in [6.45, 7) is 4.53. The minimum absolute atomic E-state index is 0.304. The van der Waals surface area contributed by atoms with Crippen LogP contribution in [0.2, 0.25) is 0 Å². The number of carbonyl (C=O) groups is 1. The van der Waals surface area contributed by atoms with E-state index in [9.17, 15) is 4.79 Å². The van der Waals surface area contributed by atoms with Crippen LogP contribution in [0.15, 0.2) is 36.8 Å². The molecule has 0 aliphatic carbocycles. The summed E-state index contributed by atoms with van der Waals surface area (Å²) in [5, 5.41) is 4.52. The van der Waals surface area contributed by atoms with E-state index in [4.69, 9.17) is 0 Å². The lowest BCUT2D eigenvalue weighted by molar-refractivity contribution is -0.127. The summed E-state index contributed by atoms with van der Waals surface area (Å²) < 4.78 is 2.15. The van der Waals surface area contributed by atoms with Gasteiger partial charge in [0.05, 0.1) is 11.7 Å². The molecule has 2 aliphatic heterocycles. The average Bonchev–Trinajstić information content (AvgIpc) is 3.22. The number of hydrogen-bond acceptors (Lipinski definition) is 4. The Balaban J connectivity index is 1.44. The summed E-state index contributed by atoms with van der Waals surface area (Å²) in [6.07, 6.45) is 8.31. The van der Waals surface area contributed by atoms with Gasteiger partial charge in [-0.2, -0.15) is 5.10 Å². The third kappa shape index (κ3) is 3.19. The second kappa shape index (κ2) is 6.73. The third-order valence-electron chi connectivity index (χ3n) is 4.99. The van der Waals surface area contributed by atoms with Crippen molar-refractivity contribution >= 4 is 5.91 Å². The first kappa shape index (κ1) is 15.3. The molecule has 1 amide bonds. The van der Waals surface area contributed by atoms with Gasteiger partial charge in [0, 0.05) is 57.7 Å². The first-order valence-corrected chi connectivity index (χ1v) is 8.71. The molecule has 0 unspecified atom stereocenters. The number of nitrogens with zero attached hydrogens (tertiary/aromatic N) is 5. The van der Waals surface area contributed by atoms with Crippen LogP contribution in [-0.2, 0) is 17.9 Å². The van der Waals surface area contributed by atoms with Gasteiger partial charge in [0.25, 0.3) is 0 Å². The summed E-state index contributed by atoms with van der Waals surface area (Å²) in [6, 6.07) is 6.54. The molecule has 126 valence electrons. The van der Waals surface area contributed by atoms with Crippen molar-refractivity contribution in [1.29, 1.82) is 0 Å². The van der Waals surface area contributed by atoms with Crippen LogP contribution in [0, 0.1) is 0 Å². The molecule has 2 aliphatic rings. The molecule has 24 heavy (non-hydrogen) atoms. The van der Waals surface area contributed by atoms with E-state index in [1.54, 1.807) is 0 Å². The topological polar surface area (TPSA) is 54.3 Å². The summed E-state index contributed by atoms with van der Waals surface area (Å²) in [7, 11) is 0. The van der Waals surface area contributed by atoms with Gasteiger partial charge in [-0.05, 0) is 30.5 Å². The zero-order chi connectivity index (χ0) is 16.4. The molecule has 2 aromatic heterocycles. The highest BCUT2D eigenvalue weighted by atomic mass is 16.2. The van der Waals surface area contributed by atoms with Crippen LogP contribution in [0.5, 0.6) is 0 Å². The van der Waals surface area contributed by atoms with Crippen LogP contribution >= 0.6 is 0 Å². The molecule has 2 aromatic rings. The van der Waals surface area contributed by atoms with Gasteiger partial charge < -0.3 is 4.90 Å². The number of carbonyl (C=O) groups excluding carboxylic acids is 1. The lowest BCUT2D eigenvalue weighted by Crippen LogP contribution is -2.39. The van der Waals surface area contributed by atoms with E-state index in [1.807, 2.05) is 29.6 Å². The molecule has 0 bridgehead atoms. The van der Waals surface area contributed by atoms with Crippen molar-refractivity contribution in [3.63, 3.8) is 0 Å². The van der Waals surface area contributed by atoms with Crippen molar-refractivity contribution in [2.45, 2.75) is 38.4 Å². The maximum absolute atomic E-state index is 11.8. The van der Waals surface area contributed by atoms with E-state index in [1.165, 1.54) is 11.3 Å². The van der Waals surface area contributed by atoms with Crippen molar-refractivity contribution in [1.82, 2.24) is 24.6 Å². The summed E-state index contributed by atoms with van der Waals surface area (Å²) in [5.74, 6) is 0.304. The Morgan fingerprint density at radius 2 is 2.21 bits per heavy atom. The minimum atomic E-state index is 0.304. The van der Waals surface area contributed by atoms with Gasteiger partial charge in [0.15, 0.2) is 0 Å². The van der Waals surface area contributed by atoms with Crippen LogP contribution in [0.1, 0.15) is 36.6 Å².